The Morgan fingerprint density at radius 2 is 1.85 bits per heavy atom. The first-order valence-corrected chi connectivity index (χ1v) is 13.2. The fourth-order valence-corrected chi connectivity index (χ4v) is 5.80. The molecule has 1 N–H and O–H groups in total. The molecule has 1 atom stereocenters. The van der Waals surface area contributed by atoms with Crippen molar-refractivity contribution in [2.75, 3.05) is 52.5 Å². The smallest absolute Gasteiger partial charge is 0.265 e. The second kappa shape index (κ2) is 11.9. The Morgan fingerprint density at radius 3 is 2.56 bits per heavy atom. The number of nitrogens with zero attached hydrogens (tertiary/aromatic N) is 3. The highest BCUT2D eigenvalue weighted by molar-refractivity contribution is 7.17. The number of benzene rings is 1. The van der Waals surface area contributed by atoms with Gasteiger partial charge in [0, 0.05) is 44.2 Å². The van der Waals surface area contributed by atoms with Crippen molar-refractivity contribution in [3.63, 3.8) is 0 Å². The largest absolute Gasteiger partial charge is 0.379 e. The lowest BCUT2D eigenvalue weighted by Crippen LogP contribution is -2.43. The third-order valence-corrected chi connectivity index (χ3v) is 8.21. The maximum Gasteiger partial charge on any atom is 0.265 e. The maximum absolute atomic E-state index is 13.2. The van der Waals surface area contributed by atoms with Crippen molar-refractivity contribution in [3.8, 4) is 10.6 Å². The lowest BCUT2D eigenvalue weighted by molar-refractivity contribution is -0.126. The third kappa shape index (κ3) is 6.23. The average molecular weight is 485 g/mol. The highest BCUT2D eigenvalue weighted by Gasteiger charge is 2.31. The van der Waals surface area contributed by atoms with Crippen LogP contribution in [-0.4, -0.2) is 79.1 Å². The molecule has 1 aromatic heterocycles. The number of aryl methyl sites for hydroxylation is 1. The molecular weight excluding hydrogens is 448 g/mol. The summed E-state index contributed by atoms with van der Waals surface area (Å²) in [6.45, 7) is 10.6. The van der Waals surface area contributed by atoms with Gasteiger partial charge in [-0.05, 0) is 38.6 Å². The van der Waals surface area contributed by atoms with Gasteiger partial charge in [0.25, 0.3) is 5.91 Å². The van der Waals surface area contributed by atoms with Gasteiger partial charge in [-0.25, -0.2) is 4.98 Å². The van der Waals surface area contributed by atoms with E-state index < -0.39 is 0 Å². The zero-order chi connectivity index (χ0) is 23.9. The first-order chi connectivity index (χ1) is 16.5. The molecule has 2 fully saturated rings. The summed E-state index contributed by atoms with van der Waals surface area (Å²) < 4.78 is 5.38. The minimum atomic E-state index is -0.0320. The monoisotopic (exact) mass is 484 g/mol. The van der Waals surface area contributed by atoms with E-state index in [9.17, 15) is 9.59 Å². The molecule has 2 aliphatic heterocycles. The van der Waals surface area contributed by atoms with Crippen LogP contribution in [0, 0.1) is 18.8 Å². The summed E-state index contributed by atoms with van der Waals surface area (Å²) in [5.74, 6) is 0.481. The van der Waals surface area contributed by atoms with Crippen LogP contribution in [0.15, 0.2) is 30.3 Å². The van der Waals surface area contributed by atoms with E-state index in [1.54, 1.807) is 0 Å². The Bertz CT molecular complexity index is 950. The molecule has 2 aromatic rings. The summed E-state index contributed by atoms with van der Waals surface area (Å²) >= 11 is 1.47. The molecule has 0 spiro atoms. The molecule has 4 rings (SSSR count). The molecular formula is C26H36N4O3S. The number of amides is 2. The molecule has 34 heavy (non-hydrogen) atoms. The van der Waals surface area contributed by atoms with Crippen LogP contribution in [0.3, 0.4) is 0 Å². The van der Waals surface area contributed by atoms with Crippen molar-refractivity contribution >= 4 is 23.2 Å². The third-order valence-electron chi connectivity index (χ3n) is 7.01. The zero-order valence-electron chi connectivity index (χ0n) is 20.3. The van der Waals surface area contributed by atoms with Crippen LogP contribution in [0.2, 0.25) is 0 Å². The maximum atomic E-state index is 13.2. The van der Waals surface area contributed by atoms with E-state index >= 15 is 0 Å². The molecule has 0 aliphatic carbocycles. The molecule has 1 aromatic carbocycles. The molecule has 3 heterocycles. The summed E-state index contributed by atoms with van der Waals surface area (Å²) in [7, 11) is 0. The average Bonchev–Trinajstić information content (AvgIpc) is 3.28. The van der Waals surface area contributed by atoms with Crippen molar-refractivity contribution in [2.24, 2.45) is 11.8 Å². The molecule has 8 heteroatoms. The van der Waals surface area contributed by atoms with Crippen molar-refractivity contribution < 1.29 is 14.3 Å². The van der Waals surface area contributed by atoms with E-state index in [1.807, 2.05) is 49.1 Å². The Morgan fingerprint density at radius 1 is 1.15 bits per heavy atom. The van der Waals surface area contributed by atoms with Gasteiger partial charge in [0.15, 0.2) is 0 Å². The predicted molar refractivity (Wildman–Crippen MR) is 135 cm³/mol. The van der Waals surface area contributed by atoms with Gasteiger partial charge in [-0.15, -0.1) is 11.3 Å². The topological polar surface area (TPSA) is 74.8 Å². The van der Waals surface area contributed by atoms with E-state index in [0.717, 1.165) is 73.3 Å². The number of morpholine rings is 1. The van der Waals surface area contributed by atoms with Gasteiger partial charge >= 0.3 is 0 Å². The molecule has 7 nitrogen and oxygen atoms in total. The molecule has 0 unspecified atom stereocenters. The molecule has 2 aliphatic rings. The van der Waals surface area contributed by atoms with Crippen molar-refractivity contribution in [1.82, 2.24) is 20.1 Å². The summed E-state index contributed by atoms with van der Waals surface area (Å²) in [6.07, 6.45) is 2.68. The van der Waals surface area contributed by atoms with Crippen LogP contribution >= 0.6 is 11.3 Å². The highest BCUT2D eigenvalue weighted by Crippen LogP contribution is 2.31. The summed E-state index contributed by atoms with van der Waals surface area (Å²) in [5.41, 5.74) is 1.83. The van der Waals surface area contributed by atoms with Crippen molar-refractivity contribution in [2.45, 2.75) is 33.1 Å². The first kappa shape index (κ1) is 24.8. The Hall–Kier alpha value is -2.29. The van der Waals surface area contributed by atoms with E-state index in [1.165, 1.54) is 11.3 Å². The summed E-state index contributed by atoms with van der Waals surface area (Å²) in [5, 5.41) is 4.01. The van der Waals surface area contributed by atoms with Crippen molar-refractivity contribution in [3.05, 3.63) is 40.9 Å². The number of piperidine rings is 1. The van der Waals surface area contributed by atoms with Crippen LogP contribution in [0.4, 0.5) is 0 Å². The van der Waals surface area contributed by atoms with Crippen LogP contribution in [0.5, 0.6) is 0 Å². The SMILES string of the molecule is Cc1nc(-c2ccccc2)sc1C(=O)N1CCC([C@H](C)C(=O)NCCCN2CCOCC2)CC1. The second-order valence-electron chi connectivity index (χ2n) is 9.32. The number of hydrogen-bond donors (Lipinski definition) is 1. The van der Waals surface area contributed by atoms with Crippen LogP contribution in [0.25, 0.3) is 10.6 Å². The lowest BCUT2D eigenvalue weighted by Gasteiger charge is -2.34. The standard InChI is InChI=1S/C26H36N4O3S/c1-19(24(31)27-11-6-12-29-15-17-33-18-16-29)21-9-13-30(14-10-21)26(32)23-20(2)28-25(34-23)22-7-4-3-5-8-22/h3-5,7-8,19,21H,6,9-18H2,1-2H3,(H,27,31)/t19-/m0/s1. The number of likely N-dealkylation sites (tertiary alicyclic amines) is 1. The van der Waals surface area contributed by atoms with Crippen LogP contribution < -0.4 is 5.32 Å². The molecule has 2 saturated heterocycles. The second-order valence-corrected chi connectivity index (χ2v) is 10.3. The number of hydrogen-bond acceptors (Lipinski definition) is 6. The van der Waals surface area contributed by atoms with Gasteiger partial charge in [0.2, 0.25) is 5.91 Å². The fourth-order valence-electron chi connectivity index (χ4n) is 4.76. The number of carbonyl (C=O) groups is 2. The van der Waals surface area contributed by atoms with Crippen molar-refractivity contribution in [1.29, 1.82) is 0 Å². The summed E-state index contributed by atoms with van der Waals surface area (Å²) in [4.78, 5) is 35.5. The molecule has 184 valence electrons. The van der Waals surface area contributed by atoms with E-state index in [4.69, 9.17) is 4.74 Å². The quantitative estimate of drug-likeness (QED) is 0.581. The van der Waals surface area contributed by atoms with Gasteiger partial charge in [0.05, 0.1) is 18.9 Å². The fraction of sp³-hybridized carbons (Fsp3) is 0.577. The Labute approximate surface area is 206 Å². The summed E-state index contributed by atoms with van der Waals surface area (Å²) in [6, 6.07) is 9.99. The Balaban J connectivity index is 1.22. The van der Waals surface area contributed by atoms with Gasteiger partial charge in [-0.3, -0.25) is 14.5 Å². The normalized spacial score (nSPS) is 18.6. The van der Waals surface area contributed by atoms with Crippen LogP contribution in [0.1, 0.15) is 41.6 Å². The van der Waals surface area contributed by atoms with Gasteiger partial charge in [0.1, 0.15) is 9.88 Å². The number of nitrogens with one attached hydrogen (secondary N) is 1. The van der Waals surface area contributed by atoms with Gasteiger partial charge in [-0.2, -0.15) is 0 Å². The van der Waals surface area contributed by atoms with Crippen LogP contribution in [-0.2, 0) is 9.53 Å². The molecule has 0 radical (unpaired) electrons. The molecule has 2 amide bonds. The first-order valence-electron chi connectivity index (χ1n) is 12.4. The molecule has 0 saturated carbocycles. The number of thiazole rings is 1. The van der Waals surface area contributed by atoms with E-state index in [2.05, 4.69) is 15.2 Å². The molecule has 0 bridgehead atoms. The van der Waals surface area contributed by atoms with Gasteiger partial charge < -0.3 is 15.0 Å². The minimum Gasteiger partial charge on any atom is -0.379 e. The highest BCUT2D eigenvalue weighted by atomic mass is 32.1. The predicted octanol–water partition coefficient (Wildman–Crippen LogP) is 3.45. The lowest BCUT2D eigenvalue weighted by atomic mass is 9.84. The zero-order valence-corrected chi connectivity index (χ0v) is 21.1. The number of carbonyl (C=O) groups excluding carboxylic acids is 2. The number of aromatic nitrogens is 1. The van der Waals surface area contributed by atoms with E-state index in [-0.39, 0.29) is 17.7 Å². The van der Waals surface area contributed by atoms with Gasteiger partial charge in [-0.1, -0.05) is 37.3 Å². The Kier molecular flexibility index (Phi) is 8.69. The minimum absolute atomic E-state index is 0.0320. The number of ether oxygens (including phenoxy) is 1. The number of rotatable bonds is 8. The van der Waals surface area contributed by atoms with E-state index in [0.29, 0.717) is 25.6 Å².